The van der Waals surface area contributed by atoms with Crippen LogP contribution in [0.15, 0.2) is 0 Å². The molecule has 1 unspecified atom stereocenters. The number of hydrogen-bond donors (Lipinski definition) is 1. The van der Waals surface area contributed by atoms with Gasteiger partial charge in [0.25, 0.3) is 0 Å². The first kappa shape index (κ1) is 11.6. The molecule has 0 spiro atoms. The molecule has 0 aromatic rings. The third-order valence-electron chi connectivity index (χ3n) is 1.05. The maximum Gasteiger partial charge on any atom is 0.0664 e. The van der Waals surface area contributed by atoms with Crippen LogP contribution < -0.4 is 0 Å². The highest BCUT2D eigenvalue weighted by Crippen LogP contribution is 1.89. The lowest BCUT2D eigenvalue weighted by Crippen LogP contribution is -2.24. The fourth-order valence-electron chi connectivity index (χ4n) is 0.551. The Bertz CT molecular complexity index is 57.0. The summed E-state index contributed by atoms with van der Waals surface area (Å²) >= 11 is 0. The van der Waals surface area contributed by atoms with Gasteiger partial charge in [-0.05, 0) is 20.5 Å². The van der Waals surface area contributed by atoms with Gasteiger partial charge in [0.2, 0.25) is 0 Å². The molecule has 0 bridgehead atoms. The molecule has 1 atom stereocenters. The molecular weight excluding hydrogens is 118 g/mol. The summed E-state index contributed by atoms with van der Waals surface area (Å²) in [7, 11) is 3.91. The van der Waals surface area contributed by atoms with Crippen LogP contribution in [0.2, 0.25) is 0 Å². The van der Waals surface area contributed by atoms with E-state index in [1.165, 1.54) is 0 Å². The third-order valence-corrected chi connectivity index (χ3v) is 1.05. The van der Waals surface area contributed by atoms with Gasteiger partial charge in [-0.15, -0.1) is 0 Å². The molecule has 0 fully saturated rings. The van der Waals surface area contributed by atoms with Crippen molar-refractivity contribution in [2.75, 3.05) is 20.6 Å². The third kappa shape index (κ3) is 7.88. The Morgan fingerprint density at radius 2 is 1.89 bits per heavy atom. The molecule has 0 saturated heterocycles. The molecule has 0 rings (SSSR count). The summed E-state index contributed by atoms with van der Waals surface area (Å²) in [5, 5.41) is 8.99. The summed E-state index contributed by atoms with van der Waals surface area (Å²) in [5.41, 5.74) is 0. The summed E-state index contributed by atoms with van der Waals surface area (Å²) in [6.45, 7) is 2.75. The summed E-state index contributed by atoms with van der Waals surface area (Å²) in [4.78, 5) is 1.98. The minimum absolute atomic E-state index is 0. The van der Waals surface area contributed by atoms with Gasteiger partial charge in [0, 0.05) is 6.54 Å². The van der Waals surface area contributed by atoms with E-state index in [2.05, 4.69) is 0 Å². The van der Waals surface area contributed by atoms with E-state index in [4.69, 9.17) is 5.11 Å². The van der Waals surface area contributed by atoms with Crippen molar-refractivity contribution in [3.05, 3.63) is 0 Å². The van der Waals surface area contributed by atoms with Crippen molar-refractivity contribution < 1.29 is 10.6 Å². The molecule has 0 aromatic heterocycles. The van der Waals surface area contributed by atoms with E-state index in [0.29, 0.717) is 0 Å². The van der Waals surface area contributed by atoms with Crippen molar-refractivity contribution in [2.45, 2.75) is 19.4 Å². The van der Waals surface area contributed by atoms with E-state index in [1.54, 1.807) is 0 Å². The maximum absolute atomic E-state index is 8.99. The fraction of sp³-hybridized carbons (Fsp3) is 1.00. The van der Waals surface area contributed by atoms with Gasteiger partial charge in [0.15, 0.2) is 0 Å². The van der Waals surface area contributed by atoms with Crippen LogP contribution in [-0.2, 0) is 0 Å². The van der Waals surface area contributed by atoms with Crippen LogP contribution in [0.5, 0.6) is 0 Å². The van der Waals surface area contributed by atoms with E-state index < -0.39 is 0 Å². The van der Waals surface area contributed by atoms with Gasteiger partial charge < -0.3 is 15.5 Å². The van der Waals surface area contributed by atoms with E-state index in [1.807, 2.05) is 25.9 Å². The summed E-state index contributed by atoms with van der Waals surface area (Å²) in [5.74, 6) is 0. The minimum Gasteiger partial charge on any atom is -0.412 e. The van der Waals surface area contributed by atoms with E-state index in [0.717, 1.165) is 13.0 Å². The van der Waals surface area contributed by atoms with Gasteiger partial charge >= 0.3 is 0 Å². The lowest BCUT2D eigenvalue weighted by Gasteiger charge is -2.13. The SMILES string of the molecule is CCC(O)CN(C)C.O. The van der Waals surface area contributed by atoms with Crippen LogP contribution in [0.25, 0.3) is 0 Å². The number of hydrogen-bond acceptors (Lipinski definition) is 2. The molecule has 0 aliphatic rings. The molecule has 0 aliphatic carbocycles. The summed E-state index contributed by atoms with van der Waals surface area (Å²) < 4.78 is 0. The molecule has 58 valence electrons. The van der Waals surface area contributed by atoms with Crippen LogP contribution >= 0.6 is 0 Å². The fourth-order valence-corrected chi connectivity index (χ4v) is 0.551. The minimum atomic E-state index is -0.148. The van der Waals surface area contributed by atoms with Gasteiger partial charge in [-0.2, -0.15) is 0 Å². The molecule has 0 heterocycles. The van der Waals surface area contributed by atoms with Gasteiger partial charge in [-0.1, -0.05) is 6.92 Å². The van der Waals surface area contributed by atoms with Crippen LogP contribution in [0.3, 0.4) is 0 Å². The molecule has 3 N–H and O–H groups in total. The number of aliphatic hydroxyl groups is 1. The molecule has 0 saturated carbocycles. The second-order valence-electron chi connectivity index (χ2n) is 2.32. The van der Waals surface area contributed by atoms with Crippen LogP contribution in [0.4, 0.5) is 0 Å². The molecule has 3 nitrogen and oxygen atoms in total. The summed E-state index contributed by atoms with van der Waals surface area (Å²) in [6.07, 6.45) is 0.697. The highest BCUT2D eigenvalue weighted by Gasteiger charge is 1.99. The van der Waals surface area contributed by atoms with E-state index >= 15 is 0 Å². The number of rotatable bonds is 3. The Morgan fingerprint density at radius 1 is 1.44 bits per heavy atom. The monoisotopic (exact) mass is 135 g/mol. The number of aliphatic hydroxyl groups excluding tert-OH is 1. The lowest BCUT2D eigenvalue weighted by atomic mass is 10.3. The van der Waals surface area contributed by atoms with E-state index in [-0.39, 0.29) is 11.6 Å². The average molecular weight is 135 g/mol. The zero-order valence-corrected chi connectivity index (χ0v) is 6.39. The van der Waals surface area contributed by atoms with Gasteiger partial charge in [-0.25, -0.2) is 0 Å². The number of nitrogens with zero attached hydrogens (tertiary/aromatic N) is 1. The van der Waals surface area contributed by atoms with Crippen LogP contribution in [0.1, 0.15) is 13.3 Å². The standard InChI is InChI=1S/C6H15NO.H2O/c1-4-6(8)5-7(2)3;/h6,8H,4-5H2,1-3H3;1H2. The Kier molecular flexibility index (Phi) is 7.77. The molecule has 3 heteroatoms. The van der Waals surface area contributed by atoms with Crippen molar-refractivity contribution >= 4 is 0 Å². The van der Waals surface area contributed by atoms with Crippen molar-refractivity contribution in [3.63, 3.8) is 0 Å². The second-order valence-corrected chi connectivity index (χ2v) is 2.32. The maximum atomic E-state index is 8.99. The number of likely N-dealkylation sites (N-methyl/N-ethyl adjacent to an activating group) is 1. The first-order chi connectivity index (χ1) is 3.66. The Morgan fingerprint density at radius 3 is 2.00 bits per heavy atom. The molecular formula is C6H17NO2. The predicted molar refractivity (Wildman–Crippen MR) is 38.5 cm³/mol. The van der Waals surface area contributed by atoms with Gasteiger partial charge in [-0.3, -0.25) is 0 Å². The van der Waals surface area contributed by atoms with Gasteiger partial charge in [0.05, 0.1) is 6.10 Å². The smallest absolute Gasteiger partial charge is 0.0664 e. The van der Waals surface area contributed by atoms with Crippen LogP contribution in [-0.4, -0.2) is 42.2 Å². The second kappa shape index (κ2) is 6.01. The topological polar surface area (TPSA) is 55.0 Å². The highest BCUT2D eigenvalue weighted by molar-refractivity contribution is 4.53. The van der Waals surface area contributed by atoms with Crippen molar-refractivity contribution in [2.24, 2.45) is 0 Å². The van der Waals surface area contributed by atoms with Crippen molar-refractivity contribution in [1.82, 2.24) is 4.90 Å². The first-order valence-corrected chi connectivity index (χ1v) is 2.99. The quantitative estimate of drug-likeness (QED) is 0.567. The molecule has 0 aromatic carbocycles. The highest BCUT2D eigenvalue weighted by atomic mass is 16.3. The van der Waals surface area contributed by atoms with E-state index in [9.17, 15) is 0 Å². The molecule has 0 amide bonds. The predicted octanol–water partition coefficient (Wildman–Crippen LogP) is -0.506. The Hall–Kier alpha value is -0.120. The normalized spacial score (nSPS) is 13.0. The average Bonchev–Trinajstić information content (AvgIpc) is 1.65. The summed E-state index contributed by atoms with van der Waals surface area (Å²) in [6, 6.07) is 0. The zero-order chi connectivity index (χ0) is 6.57. The zero-order valence-electron chi connectivity index (χ0n) is 6.39. The lowest BCUT2D eigenvalue weighted by molar-refractivity contribution is 0.133. The Balaban J connectivity index is 0. The Labute approximate surface area is 56.6 Å². The molecule has 9 heavy (non-hydrogen) atoms. The largest absolute Gasteiger partial charge is 0.412 e. The van der Waals surface area contributed by atoms with Gasteiger partial charge in [0.1, 0.15) is 0 Å². The van der Waals surface area contributed by atoms with Crippen molar-refractivity contribution in [3.8, 4) is 0 Å². The first-order valence-electron chi connectivity index (χ1n) is 2.99. The molecule has 0 aliphatic heterocycles. The van der Waals surface area contributed by atoms with Crippen LogP contribution in [0, 0.1) is 0 Å². The van der Waals surface area contributed by atoms with Crippen molar-refractivity contribution in [1.29, 1.82) is 0 Å². The molecule has 0 radical (unpaired) electrons.